The van der Waals surface area contributed by atoms with Crippen LogP contribution in [0.5, 0.6) is 11.5 Å². The number of ether oxygens (including phenoxy) is 1. The van der Waals surface area contributed by atoms with Gasteiger partial charge in [0, 0.05) is 6.07 Å². The van der Waals surface area contributed by atoms with Crippen molar-refractivity contribution in [1.82, 2.24) is 5.43 Å². The molecule has 0 aromatic heterocycles. The van der Waals surface area contributed by atoms with Crippen molar-refractivity contribution in [2.45, 2.75) is 13.8 Å². The normalized spacial score (nSPS) is 10.6. The lowest BCUT2D eigenvalue weighted by atomic mass is 10.1. The van der Waals surface area contributed by atoms with Crippen LogP contribution in [0.4, 0.5) is 5.69 Å². The molecular formula is C17H17N3O5. The number of nitro groups is 1. The molecule has 0 radical (unpaired) electrons. The Bertz CT molecular complexity index is 833. The van der Waals surface area contributed by atoms with E-state index < -0.39 is 10.8 Å². The molecule has 0 saturated heterocycles. The van der Waals surface area contributed by atoms with Gasteiger partial charge in [-0.05, 0) is 49.2 Å². The molecule has 0 aliphatic rings. The van der Waals surface area contributed by atoms with Gasteiger partial charge >= 0.3 is 0 Å². The number of benzene rings is 2. The fourth-order valence-corrected chi connectivity index (χ4v) is 1.97. The minimum absolute atomic E-state index is 0.0698. The second-order valence-corrected chi connectivity index (χ2v) is 5.33. The fraction of sp³-hybridized carbons (Fsp3) is 0.176. The van der Waals surface area contributed by atoms with Gasteiger partial charge in [-0.2, -0.15) is 5.10 Å². The molecule has 25 heavy (non-hydrogen) atoms. The Hall–Kier alpha value is -3.42. The molecule has 1 amide bonds. The van der Waals surface area contributed by atoms with Crippen LogP contribution in [-0.4, -0.2) is 28.8 Å². The Morgan fingerprint density at radius 1 is 1.28 bits per heavy atom. The van der Waals surface area contributed by atoms with Crippen molar-refractivity contribution in [2.75, 3.05) is 6.61 Å². The van der Waals surface area contributed by atoms with Crippen LogP contribution in [0.2, 0.25) is 0 Å². The van der Waals surface area contributed by atoms with Crippen LogP contribution in [0.25, 0.3) is 0 Å². The summed E-state index contributed by atoms with van der Waals surface area (Å²) in [5.74, 6) is -0.0976. The molecule has 2 aromatic carbocycles. The molecule has 0 heterocycles. The first-order valence-corrected chi connectivity index (χ1v) is 7.36. The molecule has 0 aliphatic heterocycles. The monoisotopic (exact) mass is 343 g/mol. The number of hydrogen-bond donors (Lipinski definition) is 2. The van der Waals surface area contributed by atoms with Gasteiger partial charge in [0.15, 0.2) is 6.61 Å². The Balaban J connectivity index is 1.93. The predicted molar refractivity (Wildman–Crippen MR) is 91.9 cm³/mol. The minimum atomic E-state index is -0.606. The number of hydrogen-bond acceptors (Lipinski definition) is 6. The Morgan fingerprint density at radius 2 is 2.04 bits per heavy atom. The van der Waals surface area contributed by atoms with Gasteiger partial charge in [-0.1, -0.05) is 6.07 Å². The third kappa shape index (κ3) is 5.03. The summed E-state index contributed by atoms with van der Waals surface area (Å²) in [6, 6.07) is 9.00. The highest BCUT2D eigenvalue weighted by atomic mass is 16.6. The van der Waals surface area contributed by atoms with Gasteiger partial charge in [-0.25, -0.2) is 5.43 Å². The van der Waals surface area contributed by atoms with E-state index >= 15 is 0 Å². The molecule has 0 fully saturated rings. The zero-order valence-corrected chi connectivity index (χ0v) is 13.7. The molecular weight excluding hydrogens is 326 g/mol. The quantitative estimate of drug-likeness (QED) is 0.475. The first kappa shape index (κ1) is 17.9. The summed E-state index contributed by atoms with van der Waals surface area (Å²) in [6.45, 7) is 3.66. The van der Waals surface area contributed by atoms with Crippen LogP contribution in [0.15, 0.2) is 41.5 Å². The summed E-state index contributed by atoms with van der Waals surface area (Å²) < 4.78 is 5.35. The van der Waals surface area contributed by atoms with Crippen molar-refractivity contribution >= 4 is 17.8 Å². The number of phenols is 1. The number of nitro benzene ring substituents is 1. The zero-order valence-electron chi connectivity index (χ0n) is 13.7. The molecule has 0 saturated carbocycles. The summed E-state index contributed by atoms with van der Waals surface area (Å²) in [7, 11) is 0. The van der Waals surface area contributed by atoms with E-state index in [9.17, 15) is 20.0 Å². The molecule has 8 nitrogen and oxygen atoms in total. The third-order valence-electron chi connectivity index (χ3n) is 3.45. The molecule has 0 unspecified atom stereocenters. The van der Waals surface area contributed by atoms with Gasteiger partial charge in [0.2, 0.25) is 0 Å². The molecule has 130 valence electrons. The largest absolute Gasteiger partial charge is 0.508 e. The van der Waals surface area contributed by atoms with Crippen molar-refractivity contribution in [3.8, 4) is 11.5 Å². The number of nitrogens with zero attached hydrogens (tertiary/aromatic N) is 2. The highest BCUT2D eigenvalue weighted by molar-refractivity contribution is 5.87. The van der Waals surface area contributed by atoms with E-state index in [4.69, 9.17) is 4.74 Å². The second-order valence-electron chi connectivity index (χ2n) is 5.33. The average Bonchev–Trinajstić information content (AvgIpc) is 2.56. The van der Waals surface area contributed by atoms with E-state index in [0.29, 0.717) is 5.75 Å². The number of nitrogens with one attached hydrogen (secondary N) is 1. The van der Waals surface area contributed by atoms with Crippen molar-refractivity contribution < 1.29 is 19.6 Å². The minimum Gasteiger partial charge on any atom is -0.508 e. The smallest absolute Gasteiger partial charge is 0.278 e. The summed E-state index contributed by atoms with van der Waals surface area (Å²) in [6.07, 6.45) is 1.09. The number of rotatable bonds is 6. The molecule has 0 atom stereocenters. The van der Waals surface area contributed by atoms with Crippen LogP contribution in [0, 0.1) is 24.0 Å². The third-order valence-corrected chi connectivity index (χ3v) is 3.45. The van der Waals surface area contributed by atoms with E-state index in [1.54, 1.807) is 6.07 Å². The summed E-state index contributed by atoms with van der Waals surface area (Å²) in [4.78, 5) is 22.0. The van der Waals surface area contributed by atoms with Crippen LogP contribution in [-0.2, 0) is 4.79 Å². The van der Waals surface area contributed by atoms with Gasteiger partial charge < -0.3 is 9.84 Å². The number of carbonyl (C=O) groups excluding carboxylic acids is 1. The van der Waals surface area contributed by atoms with Crippen molar-refractivity contribution in [1.29, 1.82) is 0 Å². The van der Waals surface area contributed by atoms with Gasteiger partial charge in [0.25, 0.3) is 11.6 Å². The van der Waals surface area contributed by atoms with Gasteiger partial charge in [-0.3, -0.25) is 14.9 Å². The maximum atomic E-state index is 11.7. The Kier molecular flexibility index (Phi) is 5.67. The maximum Gasteiger partial charge on any atom is 0.278 e. The van der Waals surface area contributed by atoms with E-state index in [2.05, 4.69) is 10.5 Å². The Labute approximate surface area is 143 Å². The van der Waals surface area contributed by atoms with Gasteiger partial charge in [-0.15, -0.1) is 0 Å². The van der Waals surface area contributed by atoms with Crippen LogP contribution in [0.3, 0.4) is 0 Å². The summed E-state index contributed by atoms with van der Waals surface area (Å²) in [5.41, 5.74) is 4.22. The fourth-order valence-electron chi connectivity index (χ4n) is 1.97. The summed E-state index contributed by atoms with van der Waals surface area (Å²) in [5, 5.41) is 23.9. The van der Waals surface area contributed by atoms with Gasteiger partial charge in [0.1, 0.15) is 11.5 Å². The van der Waals surface area contributed by atoms with Crippen LogP contribution in [0.1, 0.15) is 16.7 Å². The molecule has 0 bridgehead atoms. The first-order chi connectivity index (χ1) is 11.9. The van der Waals surface area contributed by atoms with E-state index in [1.165, 1.54) is 12.1 Å². The number of hydrazone groups is 1. The maximum absolute atomic E-state index is 11.7. The number of aryl methyl sites for hydroxylation is 2. The lowest BCUT2D eigenvalue weighted by molar-refractivity contribution is -0.385. The van der Waals surface area contributed by atoms with Crippen LogP contribution >= 0.6 is 0 Å². The molecule has 2 aromatic rings. The highest BCUT2D eigenvalue weighted by Crippen LogP contribution is 2.21. The number of carbonyl (C=O) groups is 1. The molecule has 0 spiro atoms. The lowest BCUT2D eigenvalue weighted by Gasteiger charge is -2.07. The molecule has 2 N–H and O–H groups in total. The molecule has 8 heteroatoms. The molecule has 2 rings (SSSR count). The predicted octanol–water partition coefficient (Wildman–Crippen LogP) is 2.45. The summed E-state index contributed by atoms with van der Waals surface area (Å²) >= 11 is 0. The first-order valence-electron chi connectivity index (χ1n) is 7.36. The van der Waals surface area contributed by atoms with Crippen molar-refractivity contribution in [2.24, 2.45) is 5.10 Å². The standard InChI is InChI=1S/C17H17N3O5/c1-11-3-5-15(7-12(11)2)25-10-17(22)19-18-9-13-8-14(21)4-6-16(13)20(23)24/h3-9,21H,10H2,1-2H3,(H,19,22)/b18-9-. The van der Waals surface area contributed by atoms with Gasteiger partial charge in [0.05, 0.1) is 16.7 Å². The van der Waals surface area contributed by atoms with Crippen molar-refractivity contribution in [3.05, 3.63) is 63.2 Å². The number of phenolic OH excluding ortho intramolecular Hbond substituents is 1. The SMILES string of the molecule is Cc1ccc(OCC(=O)N/N=C\c2cc(O)ccc2[N+](=O)[O-])cc1C. The topological polar surface area (TPSA) is 114 Å². The highest BCUT2D eigenvalue weighted by Gasteiger charge is 2.12. The van der Waals surface area contributed by atoms with E-state index in [0.717, 1.165) is 23.4 Å². The Morgan fingerprint density at radius 3 is 2.72 bits per heavy atom. The average molecular weight is 343 g/mol. The number of amides is 1. The zero-order chi connectivity index (χ0) is 18.4. The second kappa shape index (κ2) is 7.91. The van der Waals surface area contributed by atoms with E-state index in [-0.39, 0.29) is 23.6 Å². The lowest BCUT2D eigenvalue weighted by Crippen LogP contribution is -2.24. The van der Waals surface area contributed by atoms with Crippen LogP contribution < -0.4 is 10.2 Å². The molecule has 0 aliphatic carbocycles. The number of aromatic hydroxyl groups is 1. The van der Waals surface area contributed by atoms with E-state index in [1.807, 2.05) is 26.0 Å². The van der Waals surface area contributed by atoms with Crippen molar-refractivity contribution in [3.63, 3.8) is 0 Å².